The van der Waals surface area contributed by atoms with Crippen LogP contribution in [0.15, 0.2) is 22.1 Å². The second kappa shape index (κ2) is 8.15. The number of ether oxygens (including phenoxy) is 3. The number of nitrogens with zero attached hydrogens (tertiary/aromatic N) is 4. The normalized spacial score (nSPS) is 16.4. The van der Waals surface area contributed by atoms with Crippen LogP contribution in [0.1, 0.15) is 35.3 Å². The van der Waals surface area contributed by atoms with Crippen molar-refractivity contribution < 1.29 is 14.2 Å². The van der Waals surface area contributed by atoms with Crippen LogP contribution in [0.2, 0.25) is 0 Å². The van der Waals surface area contributed by atoms with Crippen molar-refractivity contribution in [2.45, 2.75) is 33.0 Å². The molecule has 0 spiro atoms. The Balaban J connectivity index is 1.93. The minimum absolute atomic E-state index is 0.357. The third-order valence-electron chi connectivity index (χ3n) is 4.30. The molecule has 150 valence electrons. The molecular weight excluding hydrogens is 378 g/mol. The van der Waals surface area contributed by atoms with E-state index in [4.69, 9.17) is 19.9 Å². The van der Waals surface area contributed by atoms with E-state index < -0.39 is 6.29 Å². The van der Waals surface area contributed by atoms with Gasteiger partial charge in [0.1, 0.15) is 6.34 Å². The molecule has 2 heterocycles. The maximum absolute atomic E-state index is 6.33. The average molecular weight is 404 g/mol. The summed E-state index contributed by atoms with van der Waals surface area (Å²) in [5, 5.41) is 1.06. The van der Waals surface area contributed by atoms with Crippen molar-refractivity contribution in [2.24, 2.45) is 15.7 Å². The zero-order valence-corrected chi connectivity index (χ0v) is 17.7. The monoisotopic (exact) mass is 403 g/mol. The van der Waals surface area contributed by atoms with Crippen LogP contribution >= 0.6 is 11.3 Å². The van der Waals surface area contributed by atoms with Crippen LogP contribution in [0.3, 0.4) is 0 Å². The molecule has 8 nitrogen and oxygen atoms in total. The summed E-state index contributed by atoms with van der Waals surface area (Å²) >= 11 is 1.60. The molecule has 1 aliphatic heterocycles. The van der Waals surface area contributed by atoms with Crippen molar-refractivity contribution in [3.05, 3.63) is 27.7 Å². The molecule has 1 aliphatic rings. The van der Waals surface area contributed by atoms with E-state index in [0.29, 0.717) is 29.0 Å². The first-order chi connectivity index (χ1) is 13.4. The zero-order chi connectivity index (χ0) is 20.4. The lowest BCUT2D eigenvalue weighted by Gasteiger charge is -2.28. The number of nitrogens with two attached hydrogens (primary N) is 1. The van der Waals surface area contributed by atoms with Crippen LogP contribution in [0.25, 0.3) is 0 Å². The molecular formula is C19H25N5O3S. The third-order valence-corrected chi connectivity index (χ3v) is 5.76. The van der Waals surface area contributed by atoms with Gasteiger partial charge in [-0.15, -0.1) is 11.3 Å². The Morgan fingerprint density at radius 1 is 1.11 bits per heavy atom. The number of hydrogen-bond donors (Lipinski definition) is 1. The van der Waals surface area contributed by atoms with Crippen molar-refractivity contribution in [3.63, 3.8) is 0 Å². The fraction of sp³-hybridized carbons (Fsp3) is 0.421. The molecule has 1 aromatic carbocycles. The molecule has 0 amide bonds. The summed E-state index contributed by atoms with van der Waals surface area (Å²) in [6.07, 6.45) is 1.03. The fourth-order valence-corrected chi connectivity index (χ4v) is 3.85. The summed E-state index contributed by atoms with van der Waals surface area (Å²) in [5.41, 5.74) is 7.98. The van der Waals surface area contributed by atoms with Crippen molar-refractivity contribution in [1.29, 1.82) is 0 Å². The molecule has 28 heavy (non-hydrogen) atoms. The molecule has 2 N–H and O–H groups in total. The second-order valence-corrected chi connectivity index (χ2v) is 7.55. The predicted molar refractivity (Wildman–Crippen MR) is 113 cm³/mol. The fourth-order valence-electron chi connectivity index (χ4n) is 2.83. The highest BCUT2D eigenvalue weighted by Gasteiger charge is 2.24. The van der Waals surface area contributed by atoms with Crippen molar-refractivity contribution in [3.8, 4) is 17.2 Å². The van der Waals surface area contributed by atoms with Crippen LogP contribution in [0.5, 0.6) is 17.2 Å². The molecule has 0 saturated heterocycles. The number of benzene rings is 1. The van der Waals surface area contributed by atoms with E-state index in [1.807, 2.05) is 19.1 Å². The molecule has 0 fully saturated rings. The molecule has 2 aromatic rings. The number of aromatic nitrogens is 1. The van der Waals surface area contributed by atoms with Crippen LogP contribution in [0.4, 0.5) is 5.69 Å². The van der Waals surface area contributed by atoms with Crippen LogP contribution in [0, 0.1) is 6.92 Å². The molecule has 1 atom stereocenters. The zero-order valence-electron chi connectivity index (χ0n) is 16.9. The summed E-state index contributed by atoms with van der Waals surface area (Å²) in [6, 6.07) is 3.62. The van der Waals surface area contributed by atoms with Crippen molar-refractivity contribution in [1.82, 2.24) is 4.98 Å². The van der Waals surface area contributed by atoms with Gasteiger partial charge in [-0.3, -0.25) is 10.6 Å². The van der Waals surface area contributed by atoms with E-state index in [-0.39, 0.29) is 0 Å². The van der Waals surface area contributed by atoms with Gasteiger partial charge in [0.05, 0.1) is 42.6 Å². The summed E-state index contributed by atoms with van der Waals surface area (Å²) in [7, 11) is 4.70. The molecule has 1 unspecified atom stereocenters. The first-order valence-electron chi connectivity index (χ1n) is 8.83. The highest BCUT2D eigenvalue weighted by atomic mass is 32.1. The third kappa shape index (κ3) is 3.67. The predicted octanol–water partition coefficient (Wildman–Crippen LogP) is 3.14. The number of methoxy groups -OCH3 is 3. The van der Waals surface area contributed by atoms with E-state index >= 15 is 0 Å². The van der Waals surface area contributed by atoms with Gasteiger partial charge < -0.3 is 14.2 Å². The summed E-state index contributed by atoms with van der Waals surface area (Å²) in [4.78, 5) is 16.4. The van der Waals surface area contributed by atoms with E-state index in [1.54, 1.807) is 43.9 Å². The Kier molecular flexibility index (Phi) is 5.85. The number of amidine groups is 1. The SMILES string of the molecule is COc1cc(N2C=NC(c3sc(C(C)C)nc3C)=NC2N)cc(OC)c1OC. The summed E-state index contributed by atoms with van der Waals surface area (Å²) < 4.78 is 16.2. The van der Waals surface area contributed by atoms with Crippen LogP contribution < -0.4 is 24.8 Å². The average Bonchev–Trinajstić information content (AvgIpc) is 3.08. The van der Waals surface area contributed by atoms with Gasteiger partial charge in [-0.1, -0.05) is 13.8 Å². The summed E-state index contributed by atoms with van der Waals surface area (Å²) in [6.45, 7) is 6.20. The van der Waals surface area contributed by atoms with Crippen LogP contribution in [-0.4, -0.2) is 44.8 Å². The number of thiazole rings is 1. The quantitative estimate of drug-likeness (QED) is 0.796. The van der Waals surface area contributed by atoms with E-state index in [2.05, 4.69) is 28.8 Å². The van der Waals surface area contributed by atoms with E-state index in [9.17, 15) is 0 Å². The van der Waals surface area contributed by atoms with Gasteiger partial charge in [-0.2, -0.15) is 0 Å². The maximum Gasteiger partial charge on any atom is 0.203 e. The van der Waals surface area contributed by atoms with Crippen molar-refractivity contribution >= 4 is 29.2 Å². The first kappa shape index (κ1) is 20.1. The van der Waals surface area contributed by atoms with Gasteiger partial charge in [-0.25, -0.2) is 15.0 Å². The summed E-state index contributed by atoms with van der Waals surface area (Å²) in [5.74, 6) is 2.54. The van der Waals surface area contributed by atoms with Crippen LogP contribution in [-0.2, 0) is 0 Å². The number of aryl methyl sites for hydroxylation is 1. The number of hydrogen-bond acceptors (Lipinski definition) is 9. The smallest absolute Gasteiger partial charge is 0.203 e. The van der Waals surface area contributed by atoms with E-state index in [0.717, 1.165) is 21.3 Å². The maximum atomic E-state index is 6.33. The Morgan fingerprint density at radius 2 is 1.75 bits per heavy atom. The van der Waals surface area contributed by atoms with Gasteiger partial charge in [0.2, 0.25) is 5.75 Å². The Hall–Kier alpha value is -2.65. The van der Waals surface area contributed by atoms with E-state index in [1.165, 1.54) is 0 Å². The van der Waals surface area contributed by atoms with Gasteiger partial charge in [-0.05, 0) is 6.92 Å². The molecule has 0 saturated carbocycles. The second-order valence-electron chi connectivity index (χ2n) is 6.52. The standard InChI is InChI=1S/C19H25N5O3S/c1-10(2)18-22-11(3)16(28-18)17-21-9-24(19(20)23-17)12-7-13(25-4)15(27-6)14(8-12)26-5/h7-10,19H,20H2,1-6H3. The van der Waals surface area contributed by atoms with Gasteiger partial charge in [0, 0.05) is 18.1 Å². The Morgan fingerprint density at radius 3 is 2.21 bits per heavy atom. The lowest BCUT2D eigenvalue weighted by molar-refractivity contribution is 0.324. The topological polar surface area (TPSA) is 94.6 Å². The number of anilines is 1. The first-order valence-corrected chi connectivity index (χ1v) is 9.64. The minimum Gasteiger partial charge on any atom is -0.493 e. The molecule has 0 bridgehead atoms. The van der Waals surface area contributed by atoms with Gasteiger partial charge >= 0.3 is 0 Å². The molecule has 9 heteroatoms. The highest BCUT2D eigenvalue weighted by molar-refractivity contribution is 7.14. The molecule has 0 aliphatic carbocycles. The van der Waals surface area contributed by atoms with Gasteiger partial charge in [0.15, 0.2) is 23.6 Å². The Labute approximate surface area is 168 Å². The van der Waals surface area contributed by atoms with Gasteiger partial charge in [0.25, 0.3) is 0 Å². The minimum atomic E-state index is -0.640. The van der Waals surface area contributed by atoms with Crippen molar-refractivity contribution in [2.75, 3.05) is 26.2 Å². The lowest BCUT2D eigenvalue weighted by atomic mass is 10.2. The highest BCUT2D eigenvalue weighted by Crippen LogP contribution is 2.41. The largest absolute Gasteiger partial charge is 0.493 e. The molecule has 0 radical (unpaired) electrons. The number of rotatable bonds is 6. The lowest BCUT2D eigenvalue weighted by Crippen LogP contribution is -2.43. The Bertz CT molecular complexity index is 897. The molecule has 1 aromatic heterocycles. The number of aliphatic imine (C=N–C) groups is 2. The molecule has 3 rings (SSSR count).